The Bertz CT molecular complexity index is 1270. The molecule has 3 aliphatic rings. The molecule has 2 aliphatic heterocycles. The molecule has 0 saturated heterocycles. The first-order valence-corrected chi connectivity index (χ1v) is 10.0. The third-order valence-corrected chi connectivity index (χ3v) is 5.87. The molecule has 0 fully saturated rings. The summed E-state index contributed by atoms with van der Waals surface area (Å²) in [4.78, 5) is 5.58. The molecule has 0 aromatic heterocycles. The summed E-state index contributed by atoms with van der Waals surface area (Å²) in [5, 5.41) is 5.86. The van der Waals surface area contributed by atoms with Crippen LogP contribution in [0.15, 0.2) is 79.0 Å². The van der Waals surface area contributed by atoms with E-state index >= 15 is 0 Å². The lowest BCUT2D eigenvalue weighted by molar-refractivity contribution is 0.240. The number of rotatable bonds is 0. The van der Waals surface area contributed by atoms with Gasteiger partial charge in [0.1, 0.15) is 0 Å². The van der Waals surface area contributed by atoms with Crippen molar-refractivity contribution in [3.63, 3.8) is 0 Å². The number of nitrogens with one attached hydrogen (secondary N) is 2. The molecule has 0 spiro atoms. The summed E-state index contributed by atoms with van der Waals surface area (Å²) in [5.74, 6) is 0.892. The van der Waals surface area contributed by atoms with Gasteiger partial charge in [-0.2, -0.15) is 0 Å². The molecule has 0 unspecified atom stereocenters. The van der Waals surface area contributed by atoms with Crippen molar-refractivity contribution in [2.24, 2.45) is 0 Å². The monoisotopic (exact) mass is 376 g/mol. The normalized spacial score (nSPS) is 13.9. The van der Waals surface area contributed by atoms with Crippen molar-refractivity contribution in [1.82, 2.24) is 5.48 Å². The van der Waals surface area contributed by atoms with Gasteiger partial charge in [-0.05, 0) is 57.7 Å². The fourth-order valence-electron chi connectivity index (χ4n) is 4.59. The lowest BCUT2D eigenvalue weighted by Gasteiger charge is -2.17. The smallest absolute Gasteiger partial charge is 0.163 e. The van der Waals surface area contributed by atoms with E-state index < -0.39 is 0 Å². The Morgan fingerprint density at radius 3 is 2.55 bits per heavy atom. The number of hydrogen-bond acceptors (Lipinski definition) is 3. The minimum absolute atomic E-state index is 0.892. The van der Waals surface area contributed by atoms with Crippen molar-refractivity contribution in [2.45, 2.75) is 6.42 Å². The van der Waals surface area contributed by atoms with Crippen LogP contribution in [0.25, 0.3) is 39.1 Å². The van der Waals surface area contributed by atoms with Crippen LogP contribution in [0.2, 0.25) is 0 Å². The number of anilines is 1. The lowest BCUT2D eigenvalue weighted by atomic mass is 9.96. The fraction of sp³-hybridized carbons (Fsp3) is 0.0769. The van der Waals surface area contributed by atoms with Crippen molar-refractivity contribution in [2.75, 3.05) is 11.9 Å². The molecule has 3 nitrogen and oxygen atoms in total. The summed E-state index contributed by atoms with van der Waals surface area (Å²) in [5.41, 5.74) is 12.0. The zero-order valence-corrected chi connectivity index (χ0v) is 15.9. The van der Waals surface area contributed by atoms with E-state index in [2.05, 4.69) is 89.7 Å². The Morgan fingerprint density at radius 1 is 0.793 bits per heavy atom. The predicted molar refractivity (Wildman–Crippen MR) is 120 cm³/mol. The summed E-state index contributed by atoms with van der Waals surface area (Å²) in [6, 6.07) is 25.6. The van der Waals surface area contributed by atoms with Crippen LogP contribution in [0, 0.1) is 0 Å². The molecule has 29 heavy (non-hydrogen) atoms. The van der Waals surface area contributed by atoms with Gasteiger partial charge in [0, 0.05) is 29.6 Å². The van der Waals surface area contributed by atoms with Gasteiger partial charge in [-0.3, -0.25) is 0 Å². The number of benzene rings is 4. The minimum atomic E-state index is 0.892. The van der Waals surface area contributed by atoms with E-state index in [0.29, 0.717) is 0 Å². The van der Waals surface area contributed by atoms with Crippen molar-refractivity contribution < 1.29 is 4.84 Å². The third-order valence-electron chi connectivity index (χ3n) is 5.87. The van der Waals surface area contributed by atoms with Gasteiger partial charge in [-0.25, -0.2) is 5.48 Å². The van der Waals surface area contributed by atoms with Crippen LogP contribution in [-0.2, 0) is 6.42 Å². The fourth-order valence-corrected chi connectivity index (χ4v) is 4.59. The Balaban J connectivity index is 0.000000154. The quantitative estimate of drug-likeness (QED) is 0.347. The van der Waals surface area contributed by atoms with Gasteiger partial charge in [0.2, 0.25) is 0 Å². The van der Waals surface area contributed by atoms with Gasteiger partial charge in [-0.15, -0.1) is 0 Å². The average Bonchev–Trinajstić information content (AvgIpc) is 3.39. The molecule has 4 aromatic rings. The summed E-state index contributed by atoms with van der Waals surface area (Å²) in [6.07, 6.45) is 5.12. The second-order valence-corrected chi connectivity index (χ2v) is 7.50. The second-order valence-electron chi connectivity index (χ2n) is 7.50. The molecule has 0 saturated carbocycles. The van der Waals surface area contributed by atoms with Crippen molar-refractivity contribution >= 4 is 22.5 Å². The molecule has 0 bridgehead atoms. The Kier molecular flexibility index (Phi) is 3.60. The highest BCUT2D eigenvalue weighted by molar-refractivity contribution is 6.18. The van der Waals surface area contributed by atoms with Crippen LogP contribution in [0.3, 0.4) is 0 Å². The highest BCUT2D eigenvalue weighted by Gasteiger charge is 2.26. The Labute approximate surface area is 169 Å². The summed E-state index contributed by atoms with van der Waals surface area (Å²) < 4.78 is 0. The highest BCUT2D eigenvalue weighted by Crippen LogP contribution is 2.51. The van der Waals surface area contributed by atoms with Crippen LogP contribution in [0.4, 0.5) is 5.69 Å². The molecular formula is C26H20N2O. The molecule has 0 amide bonds. The van der Waals surface area contributed by atoms with Crippen molar-refractivity contribution in [3.8, 4) is 28.0 Å². The SMILES string of the molecule is C1=Cc2c(cc3cccc4c3c2-c2ccccc2-4)ON1.c1ccc2c(c1)CCN2. The molecule has 1 aliphatic carbocycles. The third kappa shape index (κ3) is 2.51. The lowest BCUT2D eigenvalue weighted by Crippen LogP contribution is -2.14. The topological polar surface area (TPSA) is 33.3 Å². The van der Waals surface area contributed by atoms with E-state index in [1.54, 1.807) is 0 Å². The summed E-state index contributed by atoms with van der Waals surface area (Å²) in [7, 11) is 0. The van der Waals surface area contributed by atoms with Crippen LogP contribution in [-0.4, -0.2) is 6.54 Å². The minimum Gasteiger partial charge on any atom is -0.384 e. The van der Waals surface area contributed by atoms with Gasteiger partial charge in [0.05, 0.1) is 0 Å². The number of fused-ring (bicyclic) bond motifs is 6. The van der Waals surface area contributed by atoms with Crippen molar-refractivity contribution in [1.29, 1.82) is 0 Å². The van der Waals surface area contributed by atoms with E-state index in [1.807, 2.05) is 6.20 Å². The average molecular weight is 376 g/mol. The van der Waals surface area contributed by atoms with Gasteiger partial charge < -0.3 is 10.2 Å². The van der Waals surface area contributed by atoms with Gasteiger partial charge >= 0.3 is 0 Å². The van der Waals surface area contributed by atoms with Gasteiger partial charge in [-0.1, -0.05) is 60.7 Å². The summed E-state index contributed by atoms with van der Waals surface area (Å²) in [6.45, 7) is 1.11. The standard InChI is InChI=1S/C18H11NO.C8H9N/c1-2-6-14-12(5-1)13-7-3-4-11-10-16-15(8-9-19-20-16)18(14)17(11)13;1-2-4-8-7(3-1)5-6-9-8/h1-10,19H;1-4,9H,5-6H2. The predicted octanol–water partition coefficient (Wildman–Crippen LogP) is 6.01. The molecular weight excluding hydrogens is 356 g/mol. The second kappa shape index (κ2) is 6.42. The van der Waals surface area contributed by atoms with Crippen LogP contribution >= 0.6 is 0 Å². The molecule has 3 heteroatoms. The molecule has 7 rings (SSSR count). The molecule has 4 aromatic carbocycles. The maximum atomic E-state index is 5.58. The molecule has 0 atom stereocenters. The van der Waals surface area contributed by atoms with E-state index in [4.69, 9.17) is 4.84 Å². The van der Waals surface area contributed by atoms with Crippen LogP contribution in [0.1, 0.15) is 11.1 Å². The van der Waals surface area contributed by atoms with Crippen LogP contribution in [0.5, 0.6) is 5.75 Å². The molecule has 2 N–H and O–H groups in total. The zero-order chi connectivity index (χ0) is 19.2. The van der Waals surface area contributed by atoms with Gasteiger partial charge in [0.15, 0.2) is 5.75 Å². The maximum Gasteiger partial charge on any atom is 0.163 e. The Hall–Kier alpha value is -3.72. The largest absolute Gasteiger partial charge is 0.384 e. The number of para-hydroxylation sites is 1. The Morgan fingerprint density at radius 2 is 1.62 bits per heavy atom. The highest BCUT2D eigenvalue weighted by atomic mass is 16.6. The summed E-state index contributed by atoms with van der Waals surface area (Å²) >= 11 is 0. The number of hydrogen-bond donors (Lipinski definition) is 2. The number of hydroxylamine groups is 1. The first kappa shape index (κ1) is 16.3. The van der Waals surface area contributed by atoms with E-state index in [0.717, 1.165) is 17.9 Å². The van der Waals surface area contributed by atoms with E-state index in [9.17, 15) is 0 Å². The van der Waals surface area contributed by atoms with Crippen molar-refractivity contribution in [3.05, 3.63) is 90.1 Å². The zero-order valence-electron chi connectivity index (χ0n) is 15.9. The van der Waals surface area contributed by atoms with Crippen LogP contribution < -0.4 is 15.6 Å². The maximum absolute atomic E-state index is 5.58. The molecule has 2 heterocycles. The van der Waals surface area contributed by atoms with E-state index in [1.165, 1.54) is 50.7 Å². The van der Waals surface area contributed by atoms with E-state index in [-0.39, 0.29) is 0 Å². The molecule has 0 radical (unpaired) electrons. The first-order chi connectivity index (χ1) is 14.4. The first-order valence-electron chi connectivity index (χ1n) is 10.0. The van der Waals surface area contributed by atoms with Gasteiger partial charge in [0.25, 0.3) is 0 Å². The molecule has 140 valence electrons.